The van der Waals surface area contributed by atoms with E-state index in [2.05, 4.69) is 0 Å². The van der Waals surface area contributed by atoms with Crippen molar-refractivity contribution in [2.24, 2.45) is 0 Å². The Morgan fingerprint density at radius 3 is 2.37 bits per heavy atom. The van der Waals surface area contributed by atoms with Gasteiger partial charge in [-0.25, -0.2) is 4.39 Å². The molecule has 38 heavy (non-hydrogen) atoms. The summed E-state index contributed by atoms with van der Waals surface area (Å²) in [6.07, 6.45) is 4.03. The van der Waals surface area contributed by atoms with Crippen molar-refractivity contribution in [3.63, 3.8) is 0 Å². The fourth-order valence-corrected chi connectivity index (χ4v) is 5.90. The number of rotatable bonds is 8. The molecule has 1 amide bonds. The molecule has 3 aromatic carbocycles. The molecule has 0 spiro atoms. The lowest BCUT2D eigenvalue weighted by molar-refractivity contribution is -1.11. The molecule has 2 atom stereocenters. The largest absolute Gasteiger partial charge is 0.338 e. The van der Waals surface area contributed by atoms with Gasteiger partial charge in [-0.3, -0.25) is 9.59 Å². The second kappa shape index (κ2) is 11.6. The number of hydrogen-bond donors (Lipinski definition) is 0. The first-order chi connectivity index (χ1) is 18.4. The van der Waals surface area contributed by atoms with Gasteiger partial charge >= 0.3 is 0 Å². The van der Waals surface area contributed by atoms with Crippen molar-refractivity contribution in [1.82, 2.24) is 4.90 Å². The number of carbonyl (C=O) groups is 2. The summed E-state index contributed by atoms with van der Waals surface area (Å²) in [4.78, 5) is 34.6. The Kier molecular flexibility index (Phi) is 8.01. The van der Waals surface area contributed by atoms with E-state index in [4.69, 9.17) is 4.84 Å². The molecule has 2 fully saturated rings. The van der Waals surface area contributed by atoms with Gasteiger partial charge < -0.3 is 4.90 Å². The average molecular weight is 516 g/mol. The van der Waals surface area contributed by atoms with Crippen molar-refractivity contribution in [2.45, 2.75) is 45.1 Å². The van der Waals surface area contributed by atoms with Crippen molar-refractivity contribution in [2.75, 3.05) is 32.7 Å². The maximum Gasteiger partial charge on any atom is 0.280 e. The third-order valence-corrected chi connectivity index (χ3v) is 7.98. The van der Waals surface area contributed by atoms with E-state index in [-0.39, 0.29) is 28.1 Å². The maximum absolute atomic E-state index is 13.8. The van der Waals surface area contributed by atoms with Crippen LogP contribution in [0.15, 0.2) is 72.8 Å². The minimum Gasteiger partial charge on any atom is -0.338 e. The van der Waals surface area contributed by atoms with E-state index in [9.17, 15) is 14.0 Å². The number of amides is 1. The zero-order chi connectivity index (χ0) is 26.5. The predicted molar refractivity (Wildman–Crippen MR) is 145 cm³/mol. The van der Waals surface area contributed by atoms with Crippen LogP contribution >= 0.6 is 0 Å². The summed E-state index contributed by atoms with van der Waals surface area (Å²) in [5.41, 5.74) is 4.34. The highest BCUT2D eigenvalue weighted by atomic mass is 19.1. The number of aryl methyl sites for hydroxylation is 1. The lowest BCUT2D eigenvalue weighted by Gasteiger charge is -2.42. The van der Waals surface area contributed by atoms with Gasteiger partial charge in [0.05, 0.1) is 0 Å². The molecule has 3 aromatic rings. The molecule has 2 saturated heterocycles. The van der Waals surface area contributed by atoms with Crippen LogP contribution in [0.5, 0.6) is 0 Å². The molecule has 0 aromatic heterocycles. The van der Waals surface area contributed by atoms with E-state index in [1.807, 2.05) is 72.5 Å². The molecular formula is C32H36FN2O3+. The Morgan fingerprint density at radius 1 is 0.947 bits per heavy atom. The van der Waals surface area contributed by atoms with Crippen LogP contribution in [-0.4, -0.2) is 54.0 Å². The molecule has 0 saturated carbocycles. The average Bonchev–Trinajstić information content (AvgIpc) is 3.48. The lowest BCUT2D eigenvalue weighted by Crippen LogP contribution is -2.57. The van der Waals surface area contributed by atoms with Gasteiger partial charge in [0.15, 0.2) is 12.3 Å². The Hall–Kier alpha value is -3.35. The number of nitrogens with zero attached hydrogens (tertiary/aromatic N) is 2. The number of carbonyl (C=O) groups excluding carboxylic acids is 2. The van der Waals surface area contributed by atoms with Gasteiger partial charge in [-0.05, 0) is 55.0 Å². The minimum atomic E-state index is -0.225. The molecule has 0 radical (unpaired) electrons. The maximum atomic E-state index is 13.8. The van der Waals surface area contributed by atoms with Crippen LogP contribution in [0.4, 0.5) is 4.39 Å². The highest BCUT2D eigenvalue weighted by Crippen LogP contribution is 2.34. The Labute approximate surface area is 224 Å². The van der Waals surface area contributed by atoms with E-state index >= 15 is 0 Å². The van der Waals surface area contributed by atoms with Gasteiger partial charge in [-0.15, -0.1) is 0 Å². The van der Waals surface area contributed by atoms with Crippen molar-refractivity contribution in [1.29, 1.82) is 0 Å². The fraction of sp³-hybridized carbons (Fsp3) is 0.375. The molecule has 2 heterocycles. The zero-order valence-electron chi connectivity index (χ0n) is 22.1. The van der Waals surface area contributed by atoms with Crippen molar-refractivity contribution < 1.29 is 23.5 Å². The van der Waals surface area contributed by atoms with Crippen LogP contribution in [0.1, 0.15) is 64.2 Å². The summed E-state index contributed by atoms with van der Waals surface area (Å²) in [6.45, 7) is 5.68. The quantitative estimate of drug-likeness (QED) is 0.281. The van der Waals surface area contributed by atoms with Gasteiger partial charge in [0.1, 0.15) is 25.5 Å². The van der Waals surface area contributed by atoms with Gasteiger partial charge in [0.25, 0.3) is 5.91 Å². The fourth-order valence-electron chi connectivity index (χ4n) is 5.90. The van der Waals surface area contributed by atoms with Crippen LogP contribution in [0.3, 0.4) is 0 Å². The SMILES string of the molecule is Cc1cc(F)ccc1C1CCC[N+](CC(=O)N2CCCC2)(OCc2ccc(C(=O)c3ccccc3)cc2)C1. The molecular weight excluding hydrogens is 479 g/mol. The first-order valence-corrected chi connectivity index (χ1v) is 13.7. The van der Waals surface area contributed by atoms with Crippen molar-refractivity contribution in [3.8, 4) is 0 Å². The summed E-state index contributed by atoms with van der Waals surface area (Å²) < 4.78 is 14.1. The van der Waals surface area contributed by atoms with Crippen molar-refractivity contribution in [3.05, 3.63) is 106 Å². The molecule has 2 aliphatic heterocycles. The number of hydrogen-bond acceptors (Lipinski definition) is 3. The normalized spacial score (nSPS) is 21.4. The molecule has 5 rings (SSSR count). The van der Waals surface area contributed by atoms with Gasteiger partial charge in [0.2, 0.25) is 0 Å². The van der Waals surface area contributed by atoms with E-state index in [1.54, 1.807) is 6.07 Å². The second-order valence-corrected chi connectivity index (χ2v) is 10.7. The zero-order valence-corrected chi connectivity index (χ0v) is 22.1. The Bertz CT molecular complexity index is 1270. The lowest BCUT2D eigenvalue weighted by atomic mass is 9.87. The number of piperidine rings is 1. The number of hydroxylamine groups is 3. The van der Waals surface area contributed by atoms with Crippen LogP contribution in [0.25, 0.3) is 0 Å². The van der Waals surface area contributed by atoms with Crippen LogP contribution in [0, 0.1) is 12.7 Å². The summed E-state index contributed by atoms with van der Waals surface area (Å²) in [6, 6.07) is 21.8. The van der Waals surface area contributed by atoms with E-state index < -0.39 is 0 Å². The van der Waals surface area contributed by atoms with Gasteiger partial charge in [-0.2, -0.15) is 9.48 Å². The molecule has 6 heteroatoms. The number of likely N-dealkylation sites (tertiary alicyclic amines) is 2. The van der Waals surface area contributed by atoms with Gasteiger partial charge in [-0.1, -0.05) is 60.7 Å². The third kappa shape index (κ3) is 6.03. The minimum absolute atomic E-state index is 0.00804. The second-order valence-electron chi connectivity index (χ2n) is 10.7. The van der Waals surface area contributed by atoms with Crippen LogP contribution < -0.4 is 0 Å². The standard InChI is InChI=1S/C32H36FN2O3/c1-24-20-29(33)15-16-30(24)28-10-7-19-35(21-28,22-31(36)34-17-5-6-18-34)38-23-25-11-13-27(14-12-25)32(37)26-8-3-2-4-9-26/h2-4,8-9,11-16,20,28H,5-7,10,17-19,21-23H2,1H3/q+1. The molecule has 198 valence electrons. The highest BCUT2D eigenvalue weighted by Gasteiger charge is 2.41. The van der Waals surface area contributed by atoms with Crippen LogP contribution in [-0.2, 0) is 16.2 Å². The first kappa shape index (κ1) is 26.3. The summed E-state index contributed by atoms with van der Waals surface area (Å²) in [5, 5.41) is 0. The Balaban J connectivity index is 1.33. The first-order valence-electron chi connectivity index (χ1n) is 13.7. The van der Waals surface area contributed by atoms with Crippen molar-refractivity contribution >= 4 is 11.7 Å². The smallest absolute Gasteiger partial charge is 0.280 e. The number of benzene rings is 3. The molecule has 2 unspecified atom stereocenters. The van der Waals surface area contributed by atoms with E-state index in [0.717, 1.165) is 62.0 Å². The number of quaternary nitrogens is 1. The topological polar surface area (TPSA) is 46.6 Å². The van der Waals surface area contributed by atoms with E-state index in [0.29, 0.717) is 30.8 Å². The monoisotopic (exact) mass is 515 g/mol. The molecule has 5 nitrogen and oxygen atoms in total. The van der Waals surface area contributed by atoms with E-state index in [1.165, 1.54) is 6.07 Å². The molecule has 0 N–H and O–H groups in total. The predicted octanol–water partition coefficient (Wildman–Crippen LogP) is 5.81. The van der Waals surface area contributed by atoms with Crippen LogP contribution in [0.2, 0.25) is 0 Å². The molecule has 2 aliphatic rings. The highest BCUT2D eigenvalue weighted by molar-refractivity contribution is 6.08. The molecule has 0 aliphatic carbocycles. The number of ketones is 1. The van der Waals surface area contributed by atoms with Gasteiger partial charge in [0, 0.05) is 36.6 Å². The Morgan fingerprint density at radius 2 is 1.66 bits per heavy atom. The molecule has 0 bridgehead atoms. The number of halogens is 1. The summed E-state index contributed by atoms with van der Waals surface area (Å²) >= 11 is 0. The summed E-state index contributed by atoms with van der Waals surface area (Å²) in [7, 11) is 0. The third-order valence-electron chi connectivity index (χ3n) is 7.98. The summed E-state index contributed by atoms with van der Waals surface area (Å²) in [5.74, 6) is 0.105.